The minimum atomic E-state index is -0.951. The van der Waals surface area contributed by atoms with Crippen LogP contribution in [0.4, 0.5) is 0 Å². The lowest BCUT2D eigenvalue weighted by Gasteiger charge is -2.33. The van der Waals surface area contributed by atoms with Crippen LogP contribution in [0.3, 0.4) is 0 Å². The first-order valence-electron chi connectivity index (χ1n) is 17.1. The second kappa shape index (κ2) is 29.2. The number of pyridine rings is 1. The molecule has 1 rings (SSSR count). The number of ether oxygens (including phenoxy) is 1. The van der Waals surface area contributed by atoms with E-state index in [4.69, 9.17) is 9.84 Å². The Hall–Kier alpha value is -2.69. The summed E-state index contributed by atoms with van der Waals surface area (Å²) in [5.41, 5.74) is 0.554. The van der Waals surface area contributed by atoms with Crippen LogP contribution in [-0.2, 0) is 9.53 Å². The summed E-state index contributed by atoms with van der Waals surface area (Å²) in [4.78, 5) is 29.2. The Morgan fingerprint density at radius 1 is 0.917 bits per heavy atom. The maximum Gasteiger partial charge on any atom is 0.220 e. The Morgan fingerprint density at radius 3 is 2.04 bits per heavy atom. The number of rotatable bonds is 28. The van der Waals surface area contributed by atoms with Crippen LogP contribution in [0.25, 0.3) is 0 Å². The normalized spacial score (nSPS) is 14.0. The molecule has 0 aliphatic rings. The van der Waals surface area contributed by atoms with Gasteiger partial charge in [-0.2, -0.15) is 0 Å². The number of amides is 1. The molecule has 0 bridgehead atoms. The lowest BCUT2D eigenvalue weighted by atomic mass is 9.89. The van der Waals surface area contributed by atoms with Crippen LogP contribution < -0.4 is 5.32 Å². The number of aliphatic hydroxyl groups is 2. The van der Waals surface area contributed by atoms with E-state index in [1.54, 1.807) is 46.1 Å². The second-order valence-corrected chi connectivity index (χ2v) is 14.8. The van der Waals surface area contributed by atoms with Crippen molar-refractivity contribution in [1.29, 1.82) is 0 Å². The summed E-state index contributed by atoms with van der Waals surface area (Å²) in [6.45, 7) is 6.76. The summed E-state index contributed by atoms with van der Waals surface area (Å²) in [5.74, 6) is 0.615. The number of hydrogen-bond acceptors (Lipinski definition) is 8. The smallest absolute Gasteiger partial charge is 0.220 e. The molecule has 2 atom stereocenters. The van der Waals surface area contributed by atoms with E-state index < -0.39 is 6.10 Å². The zero-order chi connectivity index (χ0) is 35.1. The number of hydrogen-bond donors (Lipinski definition) is 3. The van der Waals surface area contributed by atoms with Gasteiger partial charge in [0.05, 0.1) is 19.8 Å². The first kappa shape index (κ1) is 43.3. The summed E-state index contributed by atoms with van der Waals surface area (Å²) < 4.78 is 5.34. The average Bonchev–Trinajstić information content (AvgIpc) is 3.08. The van der Waals surface area contributed by atoms with Crippen molar-refractivity contribution in [3.05, 3.63) is 103 Å². The zero-order valence-electron chi connectivity index (χ0n) is 29.2. The van der Waals surface area contributed by atoms with Gasteiger partial charge in [-0.15, -0.1) is 0 Å². The van der Waals surface area contributed by atoms with Gasteiger partial charge >= 0.3 is 0 Å². The quantitative estimate of drug-likeness (QED) is 0.0347. The van der Waals surface area contributed by atoms with E-state index in [1.165, 1.54) is 0 Å². The van der Waals surface area contributed by atoms with Gasteiger partial charge in [0.15, 0.2) is 5.78 Å². The SMILES string of the molecule is CC/C=C\C/C=C\C/C=C\C/C=C\C/C=C\C/C=C\CCC(=O)NCCSSC(C)(C)[C@@H](COC[C@@H](O)CO)CC(=O)c1cccnc1. The molecule has 0 radical (unpaired) electrons. The van der Waals surface area contributed by atoms with E-state index in [2.05, 4.69) is 104 Å². The van der Waals surface area contributed by atoms with Gasteiger partial charge in [-0.3, -0.25) is 14.6 Å². The minimum Gasteiger partial charge on any atom is -0.394 e. The highest BCUT2D eigenvalue weighted by Gasteiger charge is 2.33. The fourth-order valence-electron chi connectivity index (χ4n) is 4.21. The third-order valence-corrected chi connectivity index (χ3v) is 10.5. The van der Waals surface area contributed by atoms with Gasteiger partial charge < -0.3 is 20.3 Å². The Labute approximate surface area is 297 Å². The van der Waals surface area contributed by atoms with E-state index in [-0.39, 0.29) is 48.6 Å². The van der Waals surface area contributed by atoms with Crippen molar-refractivity contribution < 1.29 is 24.5 Å². The number of nitrogens with zero attached hydrogens (tertiary/aromatic N) is 1. The van der Waals surface area contributed by atoms with Gasteiger partial charge in [0.2, 0.25) is 5.91 Å². The molecule has 0 saturated heterocycles. The van der Waals surface area contributed by atoms with Crippen LogP contribution in [0.5, 0.6) is 0 Å². The Balaban J connectivity index is 2.23. The minimum absolute atomic E-state index is 0.00652. The molecule has 0 fully saturated rings. The van der Waals surface area contributed by atoms with Gasteiger partial charge in [-0.25, -0.2) is 0 Å². The van der Waals surface area contributed by atoms with Crippen LogP contribution in [0.15, 0.2) is 97.4 Å². The topological polar surface area (TPSA) is 109 Å². The third-order valence-electron chi connectivity index (χ3n) is 7.15. The third kappa shape index (κ3) is 23.6. The number of carbonyl (C=O) groups excluding carboxylic acids is 2. The van der Waals surface area contributed by atoms with E-state index in [9.17, 15) is 14.7 Å². The highest BCUT2D eigenvalue weighted by molar-refractivity contribution is 8.77. The van der Waals surface area contributed by atoms with Crippen LogP contribution in [-0.4, -0.2) is 69.9 Å². The van der Waals surface area contributed by atoms with Crippen molar-refractivity contribution in [3.8, 4) is 0 Å². The van der Waals surface area contributed by atoms with Gasteiger partial charge in [0.25, 0.3) is 0 Å². The molecule has 48 heavy (non-hydrogen) atoms. The number of aliphatic hydroxyl groups excluding tert-OH is 2. The van der Waals surface area contributed by atoms with Crippen molar-refractivity contribution in [3.63, 3.8) is 0 Å². The summed E-state index contributed by atoms with van der Waals surface area (Å²) in [5, 5.41) is 21.7. The van der Waals surface area contributed by atoms with Crippen LogP contribution in [0, 0.1) is 5.92 Å². The predicted molar refractivity (Wildman–Crippen MR) is 205 cm³/mol. The highest BCUT2D eigenvalue weighted by Crippen LogP contribution is 2.42. The maximum atomic E-state index is 12.9. The largest absolute Gasteiger partial charge is 0.394 e. The molecule has 1 aromatic heterocycles. The molecular weight excluding hydrogens is 641 g/mol. The molecular formula is C39H58N2O5S2. The maximum absolute atomic E-state index is 12.9. The molecule has 0 aliphatic heterocycles. The Kier molecular flexibility index (Phi) is 26.4. The van der Waals surface area contributed by atoms with Gasteiger partial charge in [0, 0.05) is 53.8 Å². The average molecular weight is 699 g/mol. The van der Waals surface area contributed by atoms with Crippen LogP contribution >= 0.6 is 21.6 Å². The van der Waals surface area contributed by atoms with Crippen LogP contribution in [0.1, 0.15) is 88.9 Å². The molecule has 7 nitrogen and oxygen atoms in total. The number of allylic oxidation sites excluding steroid dienone is 12. The number of ketones is 1. The summed E-state index contributed by atoms with van der Waals surface area (Å²) in [6, 6.07) is 3.49. The lowest BCUT2D eigenvalue weighted by Crippen LogP contribution is -2.34. The molecule has 0 saturated carbocycles. The first-order chi connectivity index (χ1) is 23.3. The molecule has 0 aliphatic carbocycles. The number of Topliss-reactive ketones (excluding diaryl/α,β-unsaturated/α-hetero) is 1. The number of carbonyl (C=O) groups is 2. The number of nitrogens with one attached hydrogen (secondary N) is 1. The van der Waals surface area contributed by atoms with Gasteiger partial charge in [-0.05, 0) is 70.9 Å². The van der Waals surface area contributed by atoms with Gasteiger partial charge in [0.1, 0.15) is 6.10 Å². The van der Waals surface area contributed by atoms with Crippen molar-refractivity contribution in [2.75, 3.05) is 32.1 Å². The van der Waals surface area contributed by atoms with E-state index >= 15 is 0 Å². The summed E-state index contributed by atoms with van der Waals surface area (Å²) in [6.07, 6.45) is 35.6. The Bertz CT molecular complexity index is 1160. The zero-order valence-corrected chi connectivity index (χ0v) is 30.8. The first-order valence-corrected chi connectivity index (χ1v) is 19.4. The second-order valence-electron chi connectivity index (χ2n) is 11.8. The van der Waals surface area contributed by atoms with E-state index in [1.807, 2.05) is 0 Å². The highest BCUT2D eigenvalue weighted by atomic mass is 33.1. The molecule has 0 spiro atoms. The predicted octanol–water partition coefficient (Wildman–Crippen LogP) is 8.39. The lowest BCUT2D eigenvalue weighted by molar-refractivity contribution is -0.120. The summed E-state index contributed by atoms with van der Waals surface area (Å²) >= 11 is 0. The summed E-state index contributed by atoms with van der Waals surface area (Å²) in [7, 11) is 3.31. The van der Waals surface area contributed by atoms with Crippen molar-refractivity contribution in [2.24, 2.45) is 5.92 Å². The molecule has 1 aromatic rings. The van der Waals surface area contributed by atoms with Gasteiger partial charge in [-0.1, -0.05) is 101 Å². The molecule has 1 amide bonds. The number of aromatic nitrogens is 1. The molecule has 0 unspecified atom stereocenters. The molecule has 9 heteroatoms. The van der Waals surface area contributed by atoms with E-state index in [0.29, 0.717) is 24.9 Å². The fraction of sp³-hybridized carbons (Fsp3) is 0.513. The van der Waals surface area contributed by atoms with E-state index in [0.717, 1.165) is 44.3 Å². The molecule has 1 heterocycles. The fourth-order valence-corrected chi connectivity index (χ4v) is 6.89. The van der Waals surface area contributed by atoms with Crippen molar-refractivity contribution >= 4 is 33.3 Å². The monoisotopic (exact) mass is 698 g/mol. The van der Waals surface area contributed by atoms with Crippen molar-refractivity contribution in [2.45, 2.75) is 89.4 Å². The Morgan fingerprint density at radius 2 is 1.50 bits per heavy atom. The van der Waals surface area contributed by atoms with Crippen molar-refractivity contribution in [1.82, 2.24) is 10.3 Å². The standard InChI is InChI=1S/C39H58N2O5S2/c1-4-5-6-7-8-9-10-11-12-13-14-15-16-17-18-19-20-21-22-25-38(45)41-27-28-47-48-39(2,3)35(32-46-33-36(43)31-42)29-37(44)34-24-23-26-40-30-34/h5-6,8-9,11-12,14-15,17-18,20-21,23-24,26,30,35-36,42-43H,4,7,10,13,16,19,22,25,27-29,31-33H2,1-3H3,(H,41,45)/b6-5-,9-8-,12-11-,15-14-,18-17-,21-20-/t35-,36+/m1/s1. The van der Waals surface area contributed by atoms with Crippen LogP contribution in [0.2, 0.25) is 0 Å². The molecule has 3 N–H and O–H groups in total. The molecule has 266 valence electrons. The molecule has 0 aromatic carbocycles.